The summed E-state index contributed by atoms with van der Waals surface area (Å²) in [5, 5.41) is 12.3. The Bertz CT molecular complexity index is 784. The third-order valence-electron chi connectivity index (χ3n) is 4.42. The average molecular weight is 338 g/mol. The minimum Gasteiger partial charge on any atom is -0.478 e. The second-order valence-electron chi connectivity index (χ2n) is 6.24. The highest BCUT2D eigenvalue weighted by Crippen LogP contribution is 2.30. The molecule has 0 fully saturated rings. The van der Waals surface area contributed by atoms with E-state index in [-0.39, 0.29) is 5.91 Å². The third-order valence-corrected chi connectivity index (χ3v) is 4.42. The molecule has 0 radical (unpaired) electrons. The van der Waals surface area contributed by atoms with E-state index in [2.05, 4.69) is 18.3 Å². The number of aryl methyl sites for hydroxylation is 1. The molecule has 0 spiro atoms. The average Bonchev–Trinajstić information content (AvgIpc) is 2.62. The maximum Gasteiger partial charge on any atom is 0.335 e. The van der Waals surface area contributed by atoms with E-state index in [0.29, 0.717) is 18.5 Å². The number of hydrogen-bond acceptors (Lipinski definition) is 3. The van der Waals surface area contributed by atoms with Gasteiger partial charge in [0.15, 0.2) is 0 Å². The molecule has 0 bridgehead atoms. The number of anilines is 2. The summed E-state index contributed by atoms with van der Waals surface area (Å²) in [5.74, 6) is -0.714. The lowest BCUT2D eigenvalue weighted by Gasteiger charge is -2.29. The molecule has 0 atom stereocenters. The lowest BCUT2D eigenvalue weighted by molar-refractivity contribution is -0.118. The van der Waals surface area contributed by atoms with Crippen LogP contribution in [0.2, 0.25) is 0 Å². The molecule has 2 aromatic rings. The Morgan fingerprint density at radius 3 is 2.60 bits per heavy atom. The zero-order valence-electron chi connectivity index (χ0n) is 14.3. The van der Waals surface area contributed by atoms with Gasteiger partial charge in [0.25, 0.3) is 0 Å². The summed E-state index contributed by atoms with van der Waals surface area (Å²) in [7, 11) is 0. The van der Waals surface area contributed by atoms with E-state index < -0.39 is 5.97 Å². The van der Waals surface area contributed by atoms with Crippen molar-refractivity contribution in [3.63, 3.8) is 0 Å². The molecular weight excluding hydrogens is 316 g/mol. The van der Waals surface area contributed by atoms with E-state index in [1.807, 2.05) is 29.2 Å². The molecule has 0 saturated heterocycles. The third kappa shape index (κ3) is 3.82. The molecular formula is C20H22N2O3. The van der Waals surface area contributed by atoms with Crippen LogP contribution in [0.3, 0.4) is 0 Å². The van der Waals surface area contributed by atoms with Crippen molar-refractivity contribution in [1.82, 2.24) is 0 Å². The van der Waals surface area contributed by atoms with Gasteiger partial charge in [0, 0.05) is 30.9 Å². The number of carbonyl (C=O) groups excluding carboxylic acids is 1. The Morgan fingerprint density at radius 1 is 1.16 bits per heavy atom. The predicted octanol–water partition coefficient (Wildman–Crippen LogP) is 3.69. The molecule has 1 amide bonds. The summed E-state index contributed by atoms with van der Waals surface area (Å²) >= 11 is 0. The largest absolute Gasteiger partial charge is 0.478 e. The van der Waals surface area contributed by atoms with Crippen LogP contribution in [0.25, 0.3) is 0 Å². The zero-order chi connectivity index (χ0) is 17.8. The van der Waals surface area contributed by atoms with Crippen LogP contribution >= 0.6 is 0 Å². The van der Waals surface area contributed by atoms with Gasteiger partial charge in [-0.25, -0.2) is 4.79 Å². The highest BCUT2D eigenvalue weighted by Gasteiger charge is 2.23. The van der Waals surface area contributed by atoms with Gasteiger partial charge in [-0.15, -0.1) is 0 Å². The van der Waals surface area contributed by atoms with Gasteiger partial charge in [0.1, 0.15) is 0 Å². The molecule has 2 N–H and O–H groups in total. The minimum atomic E-state index is -0.916. The maximum absolute atomic E-state index is 12.1. The van der Waals surface area contributed by atoms with Crippen molar-refractivity contribution in [3.8, 4) is 0 Å². The number of carboxylic acid groups (broad SMARTS) is 1. The molecule has 0 unspecified atom stereocenters. The van der Waals surface area contributed by atoms with Crippen molar-refractivity contribution >= 4 is 23.3 Å². The number of carboxylic acids is 1. The van der Waals surface area contributed by atoms with Gasteiger partial charge in [0.05, 0.1) is 5.56 Å². The molecule has 0 aromatic heterocycles. The topological polar surface area (TPSA) is 69.6 Å². The Morgan fingerprint density at radius 2 is 1.92 bits per heavy atom. The van der Waals surface area contributed by atoms with E-state index in [1.165, 1.54) is 5.56 Å². The smallest absolute Gasteiger partial charge is 0.335 e. The lowest BCUT2D eigenvalue weighted by Crippen LogP contribution is -2.35. The highest BCUT2D eigenvalue weighted by molar-refractivity contribution is 5.96. The lowest BCUT2D eigenvalue weighted by atomic mass is 10.00. The van der Waals surface area contributed by atoms with Crippen molar-refractivity contribution in [2.45, 2.75) is 32.7 Å². The first kappa shape index (κ1) is 17.0. The van der Waals surface area contributed by atoms with Gasteiger partial charge < -0.3 is 15.3 Å². The van der Waals surface area contributed by atoms with E-state index in [1.54, 1.807) is 12.1 Å². The van der Waals surface area contributed by atoms with Crippen LogP contribution in [0.5, 0.6) is 0 Å². The van der Waals surface area contributed by atoms with Gasteiger partial charge in [-0.3, -0.25) is 4.79 Å². The first-order valence-corrected chi connectivity index (χ1v) is 8.58. The van der Waals surface area contributed by atoms with Crippen molar-refractivity contribution in [2.75, 3.05) is 16.8 Å². The standard InChI is InChI=1S/C20H22N2O3/c1-2-11-22-18-9-8-17(12-16(18)7-10-19(22)23)21-13-14-3-5-15(6-4-14)20(24)25/h3-6,8-9,12,21H,2,7,10-11,13H2,1H3,(H,24,25). The quantitative estimate of drug-likeness (QED) is 0.843. The van der Waals surface area contributed by atoms with Crippen molar-refractivity contribution in [1.29, 1.82) is 0 Å². The first-order valence-electron chi connectivity index (χ1n) is 8.58. The van der Waals surface area contributed by atoms with Gasteiger partial charge >= 0.3 is 5.97 Å². The van der Waals surface area contributed by atoms with Crippen molar-refractivity contribution < 1.29 is 14.7 Å². The van der Waals surface area contributed by atoms with E-state index in [0.717, 1.165) is 36.3 Å². The molecule has 5 heteroatoms. The van der Waals surface area contributed by atoms with Crippen LogP contribution in [0, 0.1) is 0 Å². The van der Waals surface area contributed by atoms with E-state index in [4.69, 9.17) is 5.11 Å². The summed E-state index contributed by atoms with van der Waals surface area (Å²) in [6.45, 7) is 3.46. The fraction of sp³-hybridized carbons (Fsp3) is 0.300. The summed E-state index contributed by atoms with van der Waals surface area (Å²) in [5.41, 5.74) is 4.53. The fourth-order valence-corrected chi connectivity index (χ4v) is 3.11. The van der Waals surface area contributed by atoms with Crippen LogP contribution in [0.15, 0.2) is 42.5 Å². The number of carbonyl (C=O) groups is 2. The normalized spacial score (nSPS) is 13.5. The van der Waals surface area contributed by atoms with E-state index in [9.17, 15) is 9.59 Å². The number of amides is 1. The van der Waals surface area contributed by atoms with Crippen LogP contribution in [0.4, 0.5) is 11.4 Å². The van der Waals surface area contributed by atoms with Crippen molar-refractivity contribution in [2.24, 2.45) is 0 Å². The molecule has 130 valence electrons. The number of hydrogen-bond donors (Lipinski definition) is 2. The molecule has 3 rings (SSSR count). The number of benzene rings is 2. The van der Waals surface area contributed by atoms with Crippen LogP contribution < -0.4 is 10.2 Å². The Labute approximate surface area is 147 Å². The summed E-state index contributed by atoms with van der Waals surface area (Å²) in [4.78, 5) is 24.8. The molecule has 25 heavy (non-hydrogen) atoms. The number of fused-ring (bicyclic) bond motifs is 1. The summed E-state index contributed by atoms with van der Waals surface area (Å²) in [6.07, 6.45) is 2.28. The molecule has 0 aliphatic carbocycles. The molecule has 1 heterocycles. The van der Waals surface area contributed by atoms with Gasteiger partial charge in [-0.05, 0) is 54.3 Å². The van der Waals surface area contributed by atoms with Gasteiger partial charge in [-0.1, -0.05) is 19.1 Å². The molecule has 1 aliphatic rings. The summed E-state index contributed by atoms with van der Waals surface area (Å²) < 4.78 is 0. The van der Waals surface area contributed by atoms with Crippen molar-refractivity contribution in [3.05, 3.63) is 59.2 Å². The summed E-state index contributed by atoms with van der Waals surface area (Å²) in [6, 6.07) is 13.0. The molecule has 5 nitrogen and oxygen atoms in total. The number of rotatable bonds is 6. The monoisotopic (exact) mass is 338 g/mol. The zero-order valence-corrected chi connectivity index (χ0v) is 14.3. The molecule has 0 saturated carbocycles. The second kappa shape index (κ2) is 7.38. The fourth-order valence-electron chi connectivity index (χ4n) is 3.11. The number of aromatic carboxylic acids is 1. The van der Waals surface area contributed by atoms with Crippen LogP contribution in [-0.4, -0.2) is 23.5 Å². The Hall–Kier alpha value is -2.82. The van der Waals surface area contributed by atoms with Crippen LogP contribution in [-0.2, 0) is 17.8 Å². The first-order chi connectivity index (χ1) is 12.1. The Kier molecular flexibility index (Phi) is 5.03. The van der Waals surface area contributed by atoms with E-state index >= 15 is 0 Å². The second-order valence-corrected chi connectivity index (χ2v) is 6.24. The molecule has 2 aromatic carbocycles. The predicted molar refractivity (Wildman–Crippen MR) is 98.1 cm³/mol. The van der Waals surface area contributed by atoms with Gasteiger partial charge in [-0.2, -0.15) is 0 Å². The number of nitrogens with zero attached hydrogens (tertiary/aromatic N) is 1. The number of nitrogens with one attached hydrogen (secondary N) is 1. The minimum absolute atomic E-state index is 0.202. The maximum atomic E-state index is 12.1. The van der Waals surface area contributed by atoms with Crippen LogP contribution in [0.1, 0.15) is 41.3 Å². The molecule has 1 aliphatic heterocycles. The Balaban J connectivity index is 1.70. The van der Waals surface area contributed by atoms with Gasteiger partial charge in [0.2, 0.25) is 5.91 Å². The highest BCUT2D eigenvalue weighted by atomic mass is 16.4. The SMILES string of the molecule is CCCN1C(=O)CCc2cc(NCc3ccc(C(=O)O)cc3)ccc21.